The van der Waals surface area contributed by atoms with Crippen LogP contribution in [-0.2, 0) is 32.6 Å². The largest absolute Gasteiger partial charge is 0.352 e. The van der Waals surface area contributed by atoms with E-state index in [-0.39, 0.29) is 40.8 Å². The van der Waals surface area contributed by atoms with Crippen LogP contribution in [0.15, 0.2) is 114 Å². The predicted octanol–water partition coefficient (Wildman–Crippen LogP) is 5.48. The van der Waals surface area contributed by atoms with Crippen molar-refractivity contribution in [1.29, 1.82) is 0 Å². The van der Waals surface area contributed by atoms with E-state index < -0.39 is 45.2 Å². The van der Waals surface area contributed by atoms with Crippen molar-refractivity contribution in [3.8, 4) is 0 Å². The molecule has 0 fully saturated rings. The van der Waals surface area contributed by atoms with Crippen molar-refractivity contribution in [2.24, 2.45) is 0 Å². The lowest BCUT2D eigenvalue weighted by Crippen LogP contribution is -2.54. The van der Waals surface area contributed by atoms with E-state index >= 15 is 4.39 Å². The number of halogens is 1. The first-order valence-corrected chi connectivity index (χ1v) is 16.1. The second-order valence-electron chi connectivity index (χ2n) is 10.7. The average Bonchev–Trinajstić information content (AvgIpc) is 3.06. The quantitative estimate of drug-likeness (QED) is 0.143. The summed E-state index contributed by atoms with van der Waals surface area (Å²) >= 11 is 0. The standard InChI is InChI=1S/C34H35FN4O6S/c1-3-25(2)36-34(41)32(21-26-13-6-4-7-14-26)37(23-27-15-10-11-20-31(27)35)33(40)24-38(28-16-12-17-29(22-28)39(42)43)46(44,45)30-18-8-5-9-19-30/h4-20,22,25,32H,3,21,23-24H2,1-2H3,(H,36,41)/t25-,32+/m1/s1. The number of non-ortho nitro benzene ring substituents is 1. The summed E-state index contributed by atoms with van der Waals surface area (Å²) in [5.74, 6) is -1.90. The minimum absolute atomic E-state index is 0.0611. The van der Waals surface area contributed by atoms with E-state index in [4.69, 9.17) is 0 Å². The Balaban J connectivity index is 1.84. The molecule has 0 spiro atoms. The second kappa shape index (κ2) is 15.3. The molecule has 0 aliphatic carbocycles. The molecular weight excluding hydrogens is 611 g/mol. The summed E-state index contributed by atoms with van der Waals surface area (Å²) in [5.41, 5.74) is 0.348. The molecule has 0 aliphatic heterocycles. The van der Waals surface area contributed by atoms with Gasteiger partial charge in [-0.15, -0.1) is 0 Å². The number of carbonyl (C=O) groups excluding carboxylic acids is 2. The van der Waals surface area contributed by atoms with Gasteiger partial charge >= 0.3 is 0 Å². The van der Waals surface area contributed by atoms with Crippen molar-refractivity contribution < 1.29 is 27.3 Å². The van der Waals surface area contributed by atoms with Gasteiger partial charge in [0.1, 0.15) is 18.4 Å². The number of rotatable bonds is 14. The van der Waals surface area contributed by atoms with Crippen LogP contribution < -0.4 is 9.62 Å². The SMILES string of the molecule is CC[C@@H](C)NC(=O)[C@H](Cc1ccccc1)N(Cc1ccccc1F)C(=O)CN(c1cccc([N+](=O)[O-])c1)S(=O)(=O)c1ccccc1. The van der Waals surface area contributed by atoms with Gasteiger partial charge in [-0.25, -0.2) is 12.8 Å². The fourth-order valence-electron chi connectivity index (χ4n) is 4.82. The molecule has 0 saturated carbocycles. The van der Waals surface area contributed by atoms with E-state index in [1.165, 1.54) is 65.6 Å². The third kappa shape index (κ3) is 8.33. The zero-order chi connectivity index (χ0) is 33.3. The average molecular weight is 647 g/mol. The fraction of sp³-hybridized carbons (Fsp3) is 0.235. The molecule has 0 unspecified atom stereocenters. The Morgan fingerprint density at radius 2 is 1.54 bits per heavy atom. The Kier molecular flexibility index (Phi) is 11.2. The summed E-state index contributed by atoms with van der Waals surface area (Å²) < 4.78 is 43.8. The van der Waals surface area contributed by atoms with Crippen molar-refractivity contribution in [2.45, 2.75) is 50.2 Å². The van der Waals surface area contributed by atoms with Crippen LogP contribution in [-0.4, -0.2) is 48.7 Å². The van der Waals surface area contributed by atoms with Crippen molar-refractivity contribution >= 4 is 33.2 Å². The van der Waals surface area contributed by atoms with Crippen LogP contribution in [0.1, 0.15) is 31.4 Å². The molecule has 4 aromatic rings. The van der Waals surface area contributed by atoms with Gasteiger partial charge in [0.25, 0.3) is 15.7 Å². The van der Waals surface area contributed by atoms with Crippen LogP contribution in [0, 0.1) is 15.9 Å². The Hall–Kier alpha value is -5.10. The number of benzene rings is 4. The third-order valence-electron chi connectivity index (χ3n) is 7.51. The summed E-state index contributed by atoms with van der Waals surface area (Å²) in [4.78, 5) is 40.2. The Bertz CT molecular complexity index is 1770. The highest BCUT2D eigenvalue weighted by molar-refractivity contribution is 7.92. The lowest BCUT2D eigenvalue weighted by Gasteiger charge is -2.34. The van der Waals surface area contributed by atoms with Crippen LogP contribution >= 0.6 is 0 Å². The molecule has 0 aromatic heterocycles. The molecule has 2 atom stereocenters. The molecule has 4 rings (SSSR count). The van der Waals surface area contributed by atoms with Gasteiger partial charge in [0.2, 0.25) is 11.8 Å². The van der Waals surface area contributed by atoms with Gasteiger partial charge in [0.05, 0.1) is 15.5 Å². The number of hydrogen-bond donors (Lipinski definition) is 1. The van der Waals surface area contributed by atoms with Crippen molar-refractivity contribution in [3.05, 3.63) is 136 Å². The van der Waals surface area contributed by atoms with Gasteiger partial charge in [-0.3, -0.25) is 24.0 Å². The van der Waals surface area contributed by atoms with Crippen LogP contribution in [0.2, 0.25) is 0 Å². The molecule has 0 aliphatic rings. The maximum absolute atomic E-state index is 15.0. The summed E-state index contributed by atoms with van der Waals surface area (Å²) in [5, 5.41) is 14.5. The minimum Gasteiger partial charge on any atom is -0.352 e. The molecular formula is C34H35FN4O6S. The first-order valence-electron chi connectivity index (χ1n) is 14.7. The number of nitrogens with zero attached hydrogens (tertiary/aromatic N) is 3. The zero-order valence-corrected chi connectivity index (χ0v) is 26.3. The maximum atomic E-state index is 15.0. The van der Waals surface area contributed by atoms with Gasteiger partial charge in [0.15, 0.2) is 0 Å². The number of sulfonamides is 1. The van der Waals surface area contributed by atoms with Gasteiger partial charge in [-0.05, 0) is 43.2 Å². The summed E-state index contributed by atoms with van der Waals surface area (Å²) in [7, 11) is -4.45. The van der Waals surface area contributed by atoms with Crippen LogP contribution in [0.5, 0.6) is 0 Å². The van der Waals surface area contributed by atoms with E-state index in [1.807, 2.05) is 19.9 Å². The summed E-state index contributed by atoms with van der Waals surface area (Å²) in [6.07, 6.45) is 0.673. The highest BCUT2D eigenvalue weighted by Gasteiger charge is 2.35. The summed E-state index contributed by atoms with van der Waals surface area (Å²) in [6, 6.07) is 25.7. The van der Waals surface area contributed by atoms with Crippen LogP contribution in [0.4, 0.5) is 15.8 Å². The maximum Gasteiger partial charge on any atom is 0.271 e. The minimum atomic E-state index is -4.45. The van der Waals surface area contributed by atoms with Gasteiger partial charge in [-0.2, -0.15) is 0 Å². The molecule has 10 nitrogen and oxygen atoms in total. The smallest absolute Gasteiger partial charge is 0.271 e. The van der Waals surface area contributed by atoms with Crippen LogP contribution in [0.3, 0.4) is 0 Å². The third-order valence-corrected chi connectivity index (χ3v) is 9.30. The molecule has 12 heteroatoms. The molecule has 2 amide bonds. The second-order valence-corrected chi connectivity index (χ2v) is 12.6. The predicted molar refractivity (Wildman–Crippen MR) is 173 cm³/mol. The number of hydrogen-bond acceptors (Lipinski definition) is 6. The van der Waals surface area contributed by atoms with E-state index in [1.54, 1.807) is 36.4 Å². The van der Waals surface area contributed by atoms with Crippen molar-refractivity contribution in [3.63, 3.8) is 0 Å². The normalized spacial score (nSPS) is 12.5. The Labute approximate surface area is 267 Å². The number of amides is 2. The molecule has 0 heterocycles. The van der Waals surface area contributed by atoms with Crippen molar-refractivity contribution in [1.82, 2.24) is 10.2 Å². The molecule has 0 radical (unpaired) electrons. The molecule has 0 saturated heterocycles. The van der Waals surface area contributed by atoms with E-state index in [0.717, 1.165) is 15.9 Å². The topological polar surface area (TPSA) is 130 Å². The van der Waals surface area contributed by atoms with Gasteiger partial charge < -0.3 is 10.2 Å². The molecule has 4 aromatic carbocycles. The Morgan fingerprint density at radius 3 is 2.17 bits per heavy atom. The first-order chi connectivity index (χ1) is 22.0. The van der Waals surface area contributed by atoms with Gasteiger partial charge in [-0.1, -0.05) is 79.7 Å². The summed E-state index contributed by atoms with van der Waals surface area (Å²) in [6.45, 7) is 2.54. The lowest BCUT2D eigenvalue weighted by molar-refractivity contribution is -0.384. The zero-order valence-electron chi connectivity index (χ0n) is 25.5. The fourth-order valence-corrected chi connectivity index (χ4v) is 6.24. The number of nitro groups is 1. The number of nitrogens with one attached hydrogen (secondary N) is 1. The number of carbonyl (C=O) groups is 2. The number of anilines is 1. The monoisotopic (exact) mass is 646 g/mol. The Morgan fingerprint density at radius 1 is 0.913 bits per heavy atom. The molecule has 1 N–H and O–H groups in total. The highest BCUT2D eigenvalue weighted by Crippen LogP contribution is 2.28. The van der Waals surface area contributed by atoms with E-state index in [2.05, 4.69) is 5.32 Å². The van der Waals surface area contributed by atoms with Gasteiger partial charge in [0, 0.05) is 36.7 Å². The lowest BCUT2D eigenvalue weighted by atomic mass is 10.0. The van der Waals surface area contributed by atoms with E-state index in [0.29, 0.717) is 6.42 Å². The number of nitro benzene ring substituents is 1. The highest BCUT2D eigenvalue weighted by atomic mass is 32.2. The molecule has 240 valence electrons. The molecule has 46 heavy (non-hydrogen) atoms. The first kappa shape index (κ1) is 33.8. The molecule has 0 bridgehead atoms. The van der Waals surface area contributed by atoms with Crippen LogP contribution in [0.25, 0.3) is 0 Å². The van der Waals surface area contributed by atoms with Crippen molar-refractivity contribution in [2.75, 3.05) is 10.8 Å². The van der Waals surface area contributed by atoms with E-state index in [9.17, 15) is 28.1 Å².